The number of piperidine rings is 1. The molecule has 1 aromatic carbocycles. The largest absolute Gasteiger partial charge is 0.373 e. The lowest BCUT2D eigenvalue weighted by molar-refractivity contribution is 0.00831. The standard InChI is InChI=1S/C28H37Cl2N3O3S/c1-5-7-15-28(3,34-4)37-27(31-6-2)33-16-13-20(14-17-33)35-18-21-25(32-36-26(21)19-11-12-19)24-22(29)9-8-10-23(24)30/h7-10,15,19-20H,5-6,11-14,16-18H2,1-4H3/b15-7-,31-27?. The van der Waals surface area contributed by atoms with Gasteiger partial charge in [0.1, 0.15) is 16.4 Å². The van der Waals surface area contributed by atoms with Gasteiger partial charge < -0.3 is 18.9 Å². The van der Waals surface area contributed by atoms with E-state index >= 15 is 0 Å². The zero-order valence-corrected chi connectivity index (χ0v) is 24.5. The van der Waals surface area contributed by atoms with E-state index in [0.717, 1.165) is 68.2 Å². The van der Waals surface area contributed by atoms with Gasteiger partial charge >= 0.3 is 0 Å². The van der Waals surface area contributed by atoms with Crippen molar-refractivity contribution in [3.8, 4) is 11.3 Å². The van der Waals surface area contributed by atoms with E-state index in [4.69, 9.17) is 42.2 Å². The Morgan fingerprint density at radius 1 is 1.22 bits per heavy atom. The number of benzene rings is 1. The normalized spacial score (nSPS) is 19.1. The molecule has 6 nitrogen and oxygen atoms in total. The molecule has 4 rings (SSSR count). The Kier molecular flexibility index (Phi) is 10.0. The maximum Gasteiger partial charge on any atom is 0.162 e. The van der Waals surface area contributed by atoms with Gasteiger partial charge in [0.25, 0.3) is 0 Å². The summed E-state index contributed by atoms with van der Waals surface area (Å²) in [5.41, 5.74) is 2.38. The van der Waals surface area contributed by atoms with Crippen LogP contribution in [0, 0.1) is 0 Å². The summed E-state index contributed by atoms with van der Waals surface area (Å²) in [6.45, 7) is 9.23. The van der Waals surface area contributed by atoms with Crippen molar-refractivity contribution in [3.63, 3.8) is 0 Å². The van der Waals surface area contributed by atoms with Crippen molar-refractivity contribution in [1.29, 1.82) is 0 Å². The molecule has 2 fully saturated rings. The Morgan fingerprint density at radius 3 is 2.51 bits per heavy atom. The summed E-state index contributed by atoms with van der Waals surface area (Å²) in [6.07, 6.45) is 9.45. The number of aromatic nitrogens is 1. The fraction of sp³-hybridized carbons (Fsp3) is 0.571. The molecule has 2 aliphatic rings. The molecule has 9 heteroatoms. The first-order valence-electron chi connectivity index (χ1n) is 13.1. The molecular weight excluding hydrogens is 529 g/mol. The van der Waals surface area contributed by atoms with E-state index in [2.05, 4.69) is 43.0 Å². The number of likely N-dealkylation sites (tertiary alicyclic amines) is 1. The van der Waals surface area contributed by atoms with Crippen LogP contribution < -0.4 is 0 Å². The van der Waals surface area contributed by atoms with E-state index in [1.807, 2.05) is 18.2 Å². The van der Waals surface area contributed by atoms with E-state index in [0.29, 0.717) is 33.8 Å². The van der Waals surface area contributed by atoms with Crippen LogP contribution in [0.15, 0.2) is 39.9 Å². The van der Waals surface area contributed by atoms with Crippen LogP contribution >= 0.6 is 35.0 Å². The van der Waals surface area contributed by atoms with Gasteiger partial charge in [-0.1, -0.05) is 47.4 Å². The van der Waals surface area contributed by atoms with Crippen molar-refractivity contribution in [2.75, 3.05) is 26.7 Å². The molecule has 2 heterocycles. The highest BCUT2D eigenvalue weighted by Gasteiger charge is 2.34. The molecule has 1 aliphatic heterocycles. The van der Waals surface area contributed by atoms with Gasteiger partial charge in [-0.25, -0.2) is 0 Å². The number of rotatable bonds is 10. The fourth-order valence-corrected chi connectivity index (χ4v) is 6.14. The van der Waals surface area contributed by atoms with Crippen LogP contribution in [0.1, 0.15) is 70.1 Å². The summed E-state index contributed by atoms with van der Waals surface area (Å²) in [6, 6.07) is 5.49. The number of nitrogens with zero attached hydrogens (tertiary/aromatic N) is 3. The Bertz CT molecular complexity index is 1090. The van der Waals surface area contributed by atoms with Gasteiger partial charge in [0.15, 0.2) is 5.17 Å². The summed E-state index contributed by atoms with van der Waals surface area (Å²) < 4.78 is 18.1. The number of aliphatic imine (C=N–C) groups is 1. The first kappa shape index (κ1) is 28.5. The highest BCUT2D eigenvalue weighted by Crippen LogP contribution is 2.46. The number of thioether (sulfide) groups is 1. The van der Waals surface area contributed by atoms with Crippen LogP contribution in [0.4, 0.5) is 0 Å². The van der Waals surface area contributed by atoms with Crippen LogP contribution in [-0.2, 0) is 16.1 Å². The number of hydrogen-bond donors (Lipinski definition) is 0. The minimum absolute atomic E-state index is 0.148. The molecule has 0 spiro atoms. The van der Waals surface area contributed by atoms with Crippen LogP contribution in [0.2, 0.25) is 10.0 Å². The van der Waals surface area contributed by atoms with Crippen LogP contribution in [0.5, 0.6) is 0 Å². The van der Waals surface area contributed by atoms with E-state index in [1.165, 1.54) is 0 Å². The van der Waals surface area contributed by atoms with E-state index < -0.39 is 4.93 Å². The highest BCUT2D eigenvalue weighted by atomic mass is 35.5. The molecular formula is C28H37Cl2N3O3S. The van der Waals surface area contributed by atoms with Gasteiger partial charge in [0.2, 0.25) is 0 Å². The average Bonchev–Trinajstić information content (AvgIpc) is 3.66. The maximum atomic E-state index is 6.51. The van der Waals surface area contributed by atoms with Crippen LogP contribution in [0.25, 0.3) is 11.3 Å². The SMILES string of the molecule is CC/C=C\C(C)(OC)SC(=NCC)N1CCC(OCc2c(-c3c(Cl)cccc3Cl)noc2C2CC2)CC1. The molecule has 1 aromatic heterocycles. The van der Waals surface area contributed by atoms with E-state index in [1.54, 1.807) is 18.9 Å². The van der Waals surface area contributed by atoms with E-state index in [-0.39, 0.29) is 6.10 Å². The smallest absolute Gasteiger partial charge is 0.162 e. The summed E-state index contributed by atoms with van der Waals surface area (Å²) in [4.78, 5) is 6.72. The van der Waals surface area contributed by atoms with Crippen LogP contribution in [-0.4, -0.2) is 53.0 Å². The Morgan fingerprint density at radius 2 is 1.92 bits per heavy atom. The monoisotopic (exact) mass is 565 g/mol. The topological polar surface area (TPSA) is 60.1 Å². The molecule has 37 heavy (non-hydrogen) atoms. The molecule has 0 bridgehead atoms. The summed E-state index contributed by atoms with van der Waals surface area (Å²) in [5, 5.41) is 6.54. The number of hydrogen-bond acceptors (Lipinski definition) is 6. The average molecular weight is 567 g/mol. The fourth-order valence-electron chi connectivity index (χ4n) is 4.45. The number of allylic oxidation sites excluding steroid dienone is 1. The number of amidine groups is 1. The maximum absolute atomic E-state index is 6.51. The first-order valence-corrected chi connectivity index (χ1v) is 14.7. The zero-order valence-electron chi connectivity index (χ0n) is 22.1. The Labute approximate surface area is 234 Å². The van der Waals surface area contributed by atoms with Crippen molar-refractivity contribution < 1.29 is 14.0 Å². The summed E-state index contributed by atoms with van der Waals surface area (Å²) >= 11 is 14.7. The minimum atomic E-state index is -0.443. The molecule has 1 aliphatic carbocycles. The number of halogens is 2. The predicted molar refractivity (Wildman–Crippen MR) is 154 cm³/mol. The van der Waals surface area contributed by atoms with Crippen molar-refractivity contribution in [3.05, 3.63) is 51.7 Å². The van der Waals surface area contributed by atoms with Crippen molar-refractivity contribution in [1.82, 2.24) is 10.1 Å². The third-order valence-corrected chi connectivity index (χ3v) is 8.70. The lowest BCUT2D eigenvalue weighted by Gasteiger charge is -2.36. The van der Waals surface area contributed by atoms with Crippen molar-refractivity contribution in [2.45, 2.75) is 76.4 Å². The third-order valence-electron chi connectivity index (χ3n) is 6.79. The Balaban J connectivity index is 1.41. The second-order valence-corrected chi connectivity index (χ2v) is 11.8. The second-order valence-electron chi connectivity index (χ2n) is 9.63. The van der Waals surface area contributed by atoms with Gasteiger partial charge in [-0.05, 0) is 75.9 Å². The second kappa shape index (κ2) is 13.0. The van der Waals surface area contributed by atoms with Gasteiger partial charge in [-0.15, -0.1) is 0 Å². The van der Waals surface area contributed by atoms with Crippen molar-refractivity contribution in [2.24, 2.45) is 4.99 Å². The minimum Gasteiger partial charge on any atom is -0.373 e. The molecule has 1 unspecified atom stereocenters. The quantitative estimate of drug-likeness (QED) is 0.126. The third kappa shape index (κ3) is 7.12. The van der Waals surface area contributed by atoms with Gasteiger partial charge in [-0.2, -0.15) is 0 Å². The molecule has 202 valence electrons. The molecule has 1 atom stereocenters. The molecule has 1 saturated carbocycles. The van der Waals surface area contributed by atoms with Gasteiger partial charge in [-0.3, -0.25) is 4.99 Å². The highest BCUT2D eigenvalue weighted by molar-refractivity contribution is 8.14. The lowest BCUT2D eigenvalue weighted by Crippen LogP contribution is -2.41. The Hall–Kier alpha value is -1.51. The molecule has 2 aromatic rings. The predicted octanol–water partition coefficient (Wildman–Crippen LogP) is 7.94. The number of ether oxygens (including phenoxy) is 2. The van der Waals surface area contributed by atoms with Crippen LogP contribution in [0.3, 0.4) is 0 Å². The molecule has 0 radical (unpaired) electrons. The van der Waals surface area contributed by atoms with Crippen molar-refractivity contribution >= 4 is 40.1 Å². The molecule has 0 amide bonds. The van der Waals surface area contributed by atoms with Gasteiger partial charge in [0.05, 0.1) is 22.8 Å². The summed E-state index contributed by atoms with van der Waals surface area (Å²) in [7, 11) is 1.75. The lowest BCUT2D eigenvalue weighted by atomic mass is 10.0. The van der Waals surface area contributed by atoms with Gasteiger partial charge in [0, 0.05) is 43.8 Å². The first-order chi connectivity index (χ1) is 17.9. The molecule has 0 N–H and O–H groups in total. The molecule has 1 saturated heterocycles. The van der Waals surface area contributed by atoms with E-state index in [9.17, 15) is 0 Å². The zero-order chi connectivity index (χ0) is 26.4. The summed E-state index contributed by atoms with van der Waals surface area (Å²) in [5.74, 6) is 1.32. The number of methoxy groups -OCH3 is 1.